The van der Waals surface area contributed by atoms with Crippen molar-refractivity contribution >= 4 is 74.1 Å². The van der Waals surface area contributed by atoms with E-state index in [1.165, 1.54) is 11.3 Å². The fraction of sp³-hybridized carbons (Fsp3) is 0.103. The number of hydrogen-bond acceptors (Lipinski definition) is 8. The summed E-state index contributed by atoms with van der Waals surface area (Å²) in [6.45, 7) is -0.524. The van der Waals surface area contributed by atoms with Crippen LogP contribution in [-0.2, 0) is 9.53 Å². The lowest BCUT2D eigenvalue weighted by molar-refractivity contribution is -0.119. The minimum atomic E-state index is -0.707. The molecule has 0 aliphatic carbocycles. The molecule has 2 aromatic heterocycles. The number of halogens is 3. The van der Waals surface area contributed by atoms with Crippen LogP contribution in [0.15, 0.2) is 66.0 Å². The lowest BCUT2D eigenvalue weighted by Crippen LogP contribution is -2.21. The number of methoxy groups -OCH3 is 2. The van der Waals surface area contributed by atoms with Gasteiger partial charge in [-0.25, -0.2) is 14.8 Å². The van der Waals surface area contributed by atoms with E-state index in [4.69, 9.17) is 49.0 Å². The summed E-state index contributed by atoms with van der Waals surface area (Å²) < 4.78 is 16.0. The predicted molar refractivity (Wildman–Crippen MR) is 162 cm³/mol. The van der Waals surface area contributed by atoms with Gasteiger partial charge in [-0.1, -0.05) is 53.0 Å². The van der Waals surface area contributed by atoms with Crippen molar-refractivity contribution in [1.82, 2.24) is 9.97 Å². The highest BCUT2D eigenvalue weighted by molar-refractivity contribution is 7.14. The number of rotatable bonds is 8. The molecule has 3 aromatic carbocycles. The molecule has 0 unspecified atom stereocenters. The summed E-state index contributed by atoms with van der Waals surface area (Å²) in [6.07, 6.45) is 0. The second-order valence-corrected chi connectivity index (χ2v) is 10.5. The molecule has 5 rings (SSSR count). The largest absolute Gasteiger partial charge is 0.493 e. The van der Waals surface area contributed by atoms with Gasteiger partial charge in [-0.15, -0.1) is 11.3 Å². The van der Waals surface area contributed by atoms with E-state index in [1.807, 2.05) is 6.07 Å². The van der Waals surface area contributed by atoms with Crippen molar-refractivity contribution < 1.29 is 23.8 Å². The van der Waals surface area contributed by atoms with E-state index in [2.05, 4.69) is 15.3 Å². The summed E-state index contributed by atoms with van der Waals surface area (Å²) in [7, 11) is 3.11. The second-order valence-electron chi connectivity index (χ2n) is 8.53. The lowest BCUT2D eigenvalue weighted by Gasteiger charge is -2.12. The van der Waals surface area contributed by atoms with Crippen LogP contribution in [0.1, 0.15) is 10.4 Å². The van der Waals surface area contributed by atoms with Crippen molar-refractivity contribution in [3.05, 3.63) is 86.7 Å². The van der Waals surface area contributed by atoms with Gasteiger partial charge in [0.25, 0.3) is 5.91 Å². The SMILES string of the molecule is COc1ccc(-c2csc(NC(=O)COC(=O)c3cc(-c4ccc(Cl)c(Cl)c4Cl)nc4ccccc34)n2)cc1OC. The molecule has 0 aliphatic heterocycles. The molecule has 1 N–H and O–H groups in total. The van der Waals surface area contributed by atoms with Gasteiger partial charge in [-0.05, 0) is 42.5 Å². The fourth-order valence-corrected chi connectivity index (χ4v) is 5.40. The zero-order valence-electron chi connectivity index (χ0n) is 21.5. The molecule has 0 aliphatic rings. The molecular formula is C29H20Cl3N3O5S. The van der Waals surface area contributed by atoms with Crippen molar-refractivity contribution in [1.29, 1.82) is 0 Å². The van der Waals surface area contributed by atoms with Gasteiger partial charge in [-0.2, -0.15) is 0 Å². The maximum atomic E-state index is 13.2. The third-order valence-corrected chi connectivity index (χ3v) is 8.06. The number of fused-ring (bicyclic) bond motifs is 1. The maximum absolute atomic E-state index is 13.2. The highest BCUT2D eigenvalue weighted by Crippen LogP contribution is 2.38. The van der Waals surface area contributed by atoms with Gasteiger partial charge < -0.3 is 14.2 Å². The van der Waals surface area contributed by atoms with Crippen LogP contribution in [0.25, 0.3) is 33.4 Å². The highest BCUT2D eigenvalue weighted by atomic mass is 35.5. The van der Waals surface area contributed by atoms with E-state index in [0.29, 0.717) is 49.5 Å². The number of thiazole rings is 1. The minimum Gasteiger partial charge on any atom is -0.493 e. The third kappa shape index (κ3) is 6.08. The number of para-hydroxylation sites is 1. The van der Waals surface area contributed by atoms with Gasteiger partial charge in [0, 0.05) is 21.9 Å². The third-order valence-electron chi connectivity index (χ3n) is 6.01. The van der Waals surface area contributed by atoms with E-state index in [9.17, 15) is 9.59 Å². The molecule has 8 nitrogen and oxygen atoms in total. The normalized spacial score (nSPS) is 10.9. The molecule has 0 saturated carbocycles. The number of anilines is 1. The van der Waals surface area contributed by atoms with Crippen LogP contribution in [0, 0.1) is 0 Å². The first-order valence-electron chi connectivity index (χ1n) is 12.0. The van der Waals surface area contributed by atoms with Crippen molar-refractivity contribution in [2.45, 2.75) is 0 Å². The Balaban J connectivity index is 1.32. The quantitative estimate of drug-likeness (QED) is 0.138. The van der Waals surface area contributed by atoms with E-state index in [1.54, 1.807) is 74.2 Å². The Hall–Kier alpha value is -3.89. The Kier molecular flexibility index (Phi) is 8.60. The molecule has 0 fully saturated rings. The smallest absolute Gasteiger partial charge is 0.339 e. The fourth-order valence-electron chi connectivity index (χ4n) is 4.03. The number of nitrogens with one attached hydrogen (secondary N) is 1. The number of ether oxygens (including phenoxy) is 3. The van der Waals surface area contributed by atoms with E-state index >= 15 is 0 Å². The van der Waals surface area contributed by atoms with Crippen molar-refractivity contribution in [3.8, 4) is 34.0 Å². The molecule has 41 heavy (non-hydrogen) atoms. The first-order chi connectivity index (χ1) is 19.8. The number of pyridine rings is 1. The number of hydrogen-bond donors (Lipinski definition) is 1. The number of carbonyl (C=O) groups excluding carboxylic acids is 2. The molecule has 12 heteroatoms. The zero-order chi connectivity index (χ0) is 29.1. The lowest BCUT2D eigenvalue weighted by atomic mass is 10.0. The number of aromatic nitrogens is 2. The van der Waals surface area contributed by atoms with Gasteiger partial charge in [0.15, 0.2) is 23.2 Å². The number of benzene rings is 3. The molecule has 0 bridgehead atoms. The van der Waals surface area contributed by atoms with Gasteiger partial charge in [0.05, 0.1) is 51.8 Å². The Bertz CT molecular complexity index is 1790. The van der Waals surface area contributed by atoms with E-state index < -0.39 is 18.5 Å². The second kappa shape index (κ2) is 12.3. The molecule has 1 amide bonds. The van der Waals surface area contributed by atoms with Gasteiger partial charge in [-0.3, -0.25) is 10.1 Å². The first-order valence-corrected chi connectivity index (χ1v) is 14.0. The van der Waals surface area contributed by atoms with Crippen molar-refractivity contribution in [3.63, 3.8) is 0 Å². The number of carbonyl (C=O) groups is 2. The van der Waals surface area contributed by atoms with Crippen LogP contribution >= 0.6 is 46.1 Å². The van der Waals surface area contributed by atoms with Crippen LogP contribution in [0.3, 0.4) is 0 Å². The summed E-state index contributed by atoms with van der Waals surface area (Å²) in [5.41, 5.74) is 3.06. The highest BCUT2D eigenvalue weighted by Gasteiger charge is 2.19. The molecular weight excluding hydrogens is 609 g/mol. The molecule has 5 aromatic rings. The van der Waals surface area contributed by atoms with Gasteiger partial charge >= 0.3 is 5.97 Å². The summed E-state index contributed by atoms with van der Waals surface area (Å²) in [5.74, 6) is -0.0984. The van der Waals surface area contributed by atoms with Crippen molar-refractivity contribution in [2.24, 2.45) is 0 Å². The average molecular weight is 629 g/mol. The standard InChI is InChI=1S/C29H20Cl3N3O5S/c1-38-23-10-7-15(11-24(23)39-2)22-14-41-29(34-22)35-25(36)13-40-28(37)18-12-21(33-20-6-4-3-5-16(18)20)17-8-9-19(30)27(32)26(17)31/h3-12,14H,13H2,1-2H3,(H,34,35,36). The van der Waals surface area contributed by atoms with Gasteiger partial charge in [0.1, 0.15) is 0 Å². The van der Waals surface area contributed by atoms with Crippen LogP contribution in [0.4, 0.5) is 5.13 Å². The summed E-state index contributed by atoms with van der Waals surface area (Å²) in [5, 5.41) is 6.04. The van der Waals surface area contributed by atoms with Crippen LogP contribution in [-0.4, -0.2) is 42.7 Å². The average Bonchev–Trinajstić information content (AvgIpc) is 3.46. The molecule has 0 radical (unpaired) electrons. The Labute approximate surface area is 253 Å². The molecule has 0 atom stereocenters. The molecule has 2 heterocycles. The Morgan fingerprint density at radius 1 is 0.878 bits per heavy atom. The summed E-state index contributed by atoms with van der Waals surface area (Å²) >= 11 is 20.0. The van der Waals surface area contributed by atoms with Crippen LogP contribution < -0.4 is 14.8 Å². The molecule has 0 saturated heterocycles. The van der Waals surface area contributed by atoms with Gasteiger partial charge in [0.2, 0.25) is 0 Å². The van der Waals surface area contributed by atoms with Crippen LogP contribution in [0.5, 0.6) is 11.5 Å². The number of esters is 1. The predicted octanol–water partition coefficient (Wildman–Crippen LogP) is 7.80. The Morgan fingerprint density at radius 2 is 1.66 bits per heavy atom. The number of amides is 1. The maximum Gasteiger partial charge on any atom is 0.339 e. The van der Waals surface area contributed by atoms with E-state index in [0.717, 1.165) is 5.56 Å². The summed E-state index contributed by atoms with van der Waals surface area (Å²) in [6, 6.07) is 17.3. The van der Waals surface area contributed by atoms with Crippen molar-refractivity contribution in [2.75, 3.05) is 26.1 Å². The topological polar surface area (TPSA) is 99.6 Å². The zero-order valence-corrected chi connectivity index (χ0v) is 24.6. The number of nitrogens with zero attached hydrogens (tertiary/aromatic N) is 2. The molecule has 0 spiro atoms. The summed E-state index contributed by atoms with van der Waals surface area (Å²) in [4.78, 5) is 34.9. The minimum absolute atomic E-state index is 0.179. The first kappa shape index (κ1) is 28.6. The Morgan fingerprint density at radius 3 is 2.44 bits per heavy atom. The van der Waals surface area contributed by atoms with Crippen LogP contribution in [0.2, 0.25) is 15.1 Å². The monoisotopic (exact) mass is 627 g/mol. The molecule has 208 valence electrons. The van der Waals surface area contributed by atoms with E-state index in [-0.39, 0.29) is 15.6 Å².